The van der Waals surface area contributed by atoms with E-state index in [0.29, 0.717) is 0 Å². The quantitative estimate of drug-likeness (QED) is 0.135. The molecule has 0 saturated heterocycles. The second-order valence-corrected chi connectivity index (χ2v) is 6.98. The zero-order valence-corrected chi connectivity index (χ0v) is 9.87. The fourth-order valence-electron chi connectivity index (χ4n) is 1.32. The molecular formula is C10H15LiN2Si. The molecule has 0 heterocycles. The minimum Gasteiger partial charge on any atom is -0.408 e. The van der Waals surface area contributed by atoms with E-state index in [9.17, 15) is 0 Å². The molecule has 70 valence electrons. The van der Waals surface area contributed by atoms with Gasteiger partial charge in [-0.1, -0.05) is 42.2 Å². The molecule has 0 bridgehead atoms. The third-order valence-electron chi connectivity index (χ3n) is 1.89. The minimum absolute atomic E-state index is 0. The Balaban J connectivity index is 0. The second-order valence-electron chi connectivity index (χ2n) is 2.97. The van der Waals surface area contributed by atoms with Crippen LogP contribution in [0.2, 0.25) is 18.1 Å². The van der Waals surface area contributed by atoms with Crippen LogP contribution in [0.25, 0.3) is 5.53 Å². The summed E-state index contributed by atoms with van der Waals surface area (Å²) in [6.45, 7) is 11.1. The zero-order chi connectivity index (χ0) is 10.2. The van der Waals surface area contributed by atoms with Gasteiger partial charge in [0.1, 0.15) is 0 Å². The fraction of sp³-hybridized carbons (Fsp3) is 0.300. The van der Waals surface area contributed by atoms with Crippen LogP contribution >= 0.6 is 0 Å². The Bertz CT molecular complexity index is 218. The Morgan fingerprint density at radius 3 is 1.64 bits per heavy atom. The van der Waals surface area contributed by atoms with E-state index in [1.54, 1.807) is 0 Å². The van der Waals surface area contributed by atoms with Crippen LogP contribution < -0.4 is 18.9 Å². The number of hydrogen-bond donors (Lipinski definition) is 0. The van der Waals surface area contributed by atoms with Crippen LogP contribution in [0.1, 0.15) is 0 Å². The van der Waals surface area contributed by atoms with Gasteiger partial charge in [-0.15, -0.1) is 19.7 Å². The average molecular weight is 198 g/mol. The predicted molar refractivity (Wildman–Crippen MR) is 59.4 cm³/mol. The molecule has 0 aliphatic carbocycles. The van der Waals surface area contributed by atoms with Gasteiger partial charge in [-0.3, -0.25) is 0 Å². The molecule has 0 radical (unpaired) electrons. The molecule has 0 saturated carbocycles. The molecule has 0 aliphatic rings. The molecule has 0 aromatic rings. The van der Waals surface area contributed by atoms with E-state index >= 15 is 0 Å². The second kappa shape index (κ2) is 8.99. The summed E-state index contributed by atoms with van der Waals surface area (Å²) in [6.07, 6.45) is 5.53. The van der Waals surface area contributed by atoms with Crippen LogP contribution in [0.4, 0.5) is 0 Å². The molecule has 0 atom stereocenters. The van der Waals surface area contributed by atoms with Crippen LogP contribution in [0.15, 0.2) is 38.0 Å². The zero-order valence-electron chi connectivity index (χ0n) is 8.87. The SMILES string of the molecule is C=CC[Si]([C-]=[N+]=[N-])(CC=C)CC=C.[Li+]. The van der Waals surface area contributed by atoms with Gasteiger partial charge in [-0.2, -0.15) is 0 Å². The number of rotatable bonds is 7. The van der Waals surface area contributed by atoms with E-state index in [0.717, 1.165) is 18.1 Å². The summed E-state index contributed by atoms with van der Waals surface area (Å²) in [5.74, 6) is 2.80. The van der Waals surface area contributed by atoms with Crippen LogP contribution in [0.3, 0.4) is 0 Å². The molecule has 0 N–H and O–H groups in total. The summed E-state index contributed by atoms with van der Waals surface area (Å²) in [5.41, 5.74) is 8.53. The third-order valence-corrected chi connectivity index (χ3v) is 5.68. The van der Waals surface area contributed by atoms with E-state index < -0.39 is 8.07 Å². The van der Waals surface area contributed by atoms with Crippen molar-refractivity contribution >= 4 is 13.9 Å². The third kappa shape index (κ3) is 5.21. The molecule has 0 unspecified atom stereocenters. The summed E-state index contributed by atoms with van der Waals surface area (Å²) >= 11 is 0. The molecule has 4 heteroatoms. The fourth-order valence-corrected chi connectivity index (χ4v) is 3.97. The van der Waals surface area contributed by atoms with Gasteiger partial charge in [-0.25, -0.2) is 0 Å². The van der Waals surface area contributed by atoms with Gasteiger partial charge in [-0.05, 0) is 8.07 Å². The van der Waals surface area contributed by atoms with Crippen LogP contribution in [0, 0.1) is 0 Å². The normalized spacial score (nSPS) is 9.14. The largest absolute Gasteiger partial charge is 1.00 e. The van der Waals surface area contributed by atoms with Crippen LogP contribution in [0.5, 0.6) is 0 Å². The first-order chi connectivity index (χ1) is 6.24. The number of nitrogens with zero attached hydrogens (tertiary/aromatic N) is 2. The van der Waals surface area contributed by atoms with Gasteiger partial charge in [0.15, 0.2) is 0 Å². The molecule has 0 fully saturated rings. The topological polar surface area (TPSA) is 36.4 Å². The van der Waals surface area contributed by atoms with Crippen LogP contribution in [-0.4, -0.2) is 18.7 Å². The van der Waals surface area contributed by atoms with Crippen molar-refractivity contribution in [1.82, 2.24) is 0 Å². The maximum absolute atomic E-state index is 8.53. The van der Waals surface area contributed by atoms with Crippen molar-refractivity contribution in [2.24, 2.45) is 0 Å². The van der Waals surface area contributed by atoms with Crippen molar-refractivity contribution < 1.29 is 23.7 Å². The first kappa shape index (κ1) is 15.9. The first-order valence-electron chi connectivity index (χ1n) is 4.18. The summed E-state index contributed by atoms with van der Waals surface area (Å²) in [6, 6.07) is 2.53. The Morgan fingerprint density at radius 2 is 1.43 bits per heavy atom. The molecular weight excluding hydrogens is 183 g/mol. The Hall–Kier alpha value is -0.586. The van der Waals surface area contributed by atoms with Crippen molar-refractivity contribution in [2.45, 2.75) is 18.1 Å². The summed E-state index contributed by atoms with van der Waals surface area (Å²) in [7, 11) is -1.82. The number of allylic oxidation sites excluding steroid dienone is 3. The molecule has 0 amide bonds. The van der Waals surface area contributed by atoms with Gasteiger partial charge in [0.25, 0.3) is 0 Å². The van der Waals surface area contributed by atoms with Crippen molar-refractivity contribution in [3.8, 4) is 0 Å². The van der Waals surface area contributed by atoms with Crippen LogP contribution in [-0.2, 0) is 0 Å². The first-order valence-corrected chi connectivity index (χ1v) is 6.81. The molecule has 0 aliphatic heterocycles. The minimum atomic E-state index is -1.82. The molecule has 14 heavy (non-hydrogen) atoms. The summed E-state index contributed by atoms with van der Waals surface area (Å²) < 4.78 is 0. The molecule has 0 rings (SSSR count). The van der Waals surface area contributed by atoms with E-state index in [-0.39, 0.29) is 18.9 Å². The Morgan fingerprint density at radius 1 is 1.07 bits per heavy atom. The van der Waals surface area contributed by atoms with E-state index in [2.05, 4.69) is 30.4 Å². The van der Waals surface area contributed by atoms with Crippen molar-refractivity contribution in [2.75, 3.05) is 0 Å². The molecule has 0 spiro atoms. The van der Waals surface area contributed by atoms with Crippen molar-refractivity contribution in [3.05, 3.63) is 43.5 Å². The average Bonchev–Trinajstić information content (AvgIpc) is 2.06. The summed E-state index contributed by atoms with van der Waals surface area (Å²) in [4.78, 5) is 3.03. The molecule has 0 aromatic heterocycles. The standard InChI is InChI=1S/C10H15N2Si.Li/c1-4-7-13(8-5-2,9-6-3)10-12-11;/h4-6H,1-3,7-9H2;/q-1;+1. The van der Waals surface area contributed by atoms with Gasteiger partial charge < -0.3 is 10.3 Å². The molecule has 2 nitrogen and oxygen atoms in total. The number of hydrogen-bond acceptors (Lipinski definition) is 0. The maximum atomic E-state index is 8.53. The predicted octanol–water partition coefficient (Wildman–Crippen LogP) is -0.286. The van der Waals surface area contributed by atoms with Crippen molar-refractivity contribution in [1.29, 1.82) is 0 Å². The molecule has 0 aromatic carbocycles. The van der Waals surface area contributed by atoms with E-state index in [1.165, 1.54) is 0 Å². The van der Waals surface area contributed by atoms with Crippen molar-refractivity contribution in [3.63, 3.8) is 0 Å². The van der Waals surface area contributed by atoms with Gasteiger partial charge >= 0.3 is 18.9 Å². The maximum Gasteiger partial charge on any atom is 1.00 e. The van der Waals surface area contributed by atoms with E-state index in [4.69, 9.17) is 5.53 Å². The Kier molecular flexibility index (Phi) is 10.2. The van der Waals surface area contributed by atoms with Gasteiger partial charge in [0.05, 0.1) is 0 Å². The smallest absolute Gasteiger partial charge is 0.408 e. The summed E-state index contributed by atoms with van der Waals surface area (Å²) in [5, 5.41) is 0. The van der Waals surface area contributed by atoms with E-state index in [1.807, 2.05) is 18.2 Å². The van der Waals surface area contributed by atoms with Gasteiger partial charge in [0, 0.05) is 0 Å². The van der Waals surface area contributed by atoms with Gasteiger partial charge in [0.2, 0.25) is 0 Å². The monoisotopic (exact) mass is 198 g/mol. The Labute approximate surface area is 99.2 Å².